The number of fused-ring (bicyclic) bond motifs is 3. The third-order valence-electron chi connectivity index (χ3n) is 17.3. The molecule has 3 N–H and O–H groups in total. The number of piperazine rings is 1. The lowest BCUT2D eigenvalue weighted by atomic mass is 9.60. The highest BCUT2D eigenvalue weighted by molar-refractivity contribution is 6.06. The Morgan fingerprint density at radius 1 is 0.901 bits per heavy atom. The van der Waals surface area contributed by atoms with E-state index in [1.807, 2.05) is 42.2 Å². The first kappa shape index (κ1) is 46.1. The van der Waals surface area contributed by atoms with Crippen molar-refractivity contribution in [3.05, 3.63) is 77.2 Å². The summed E-state index contributed by atoms with van der Waals surface area (Å²) in [5.74, 6) is -0.861. The number of anilines is 2. The quantitative estimate of drug-likeness (QED) is 0.122. The van der Waals surface area contributed by atoms with E-state index in [1.165, 1.54) is 25.7 Å². The number of aryl methyl sites for hydroxylation is 1. The normalized spacial score (nSPS) is 24.7. The fourth-order valence-corrected chi connectivity index (χ4v) is 13.0. The number of likely N-dealkylation sites (tertiary alicyclic amines) is 1. The summed E-state index contributed by atoms with van der Waals surface area (Å²) in [6, 6.07) is 15.3. The van der Waals surface area contributed by atoms with E-state index in [-0.39, 0.29) is 52.5 Å². The van der Waals surface area contributed by atoms with Crippen LogP contribution in [0.4, 0.5) is 15.9 Å². The first-order valence-corrected chi connectivity index (χ1v) is 26.0. The Bertz CT molecular complexity index is 2960. The number of β-amino-alcohol motifs (C(OH)–C–C–N with tert-alkyl or cyclic N) is 1. The number of piperidine rings is 3. The van der Waals surface area contributed by atoms with Gasteiger partial charge in [-0.1, -0.05) is 25.1 Å². The molecule has 7 aliphatic rings. The molecule has 2 aromatic heterocycles. The average molecular weight is 966 g/mol. The number of halogens is 1. The van der Waals surface area contributed by atoms with Crippen molar-refractivity contribution >= 4 is 50.9 Å². The summed E-state index contributed by atoms with van der Waals surface area (Å²) in [5.41, 5.74) is 3.93. The third-order valence-corrected chi connectivity index (χ3v) is 17.3. The highest BCUT2D eigenvalue weighted by Crippen LogP contribution is 2.53. The third kappa shape index (κ3) is 8.62. The van der Waals surface area contributed by atoms with Gasteiger partial charge in [0.1, 0.15) is 28.8 Å². The minimum Gasteiger partial charge on any atom is -0.508 e. The van der Waals surface area contributed by atoms with Crippen LogP contribution >= 0.6 is 0 Å². The number of nitrogens with zero attached hydrogens (tertiary/aromatic N) is 8. The molecule has 15 nitrogen and oxygen atoms in total. The van der Waals surface area contributed by atoms with Crippen molar-refractivity contribution in [2.45, 2.75) is 109 Å². The number of ether oxygens (including phenoxy) is 1. The number of pyridine rings is 1. The first-order valence-electron chi connectivity index (χ1n) is 26.0. The van der Waals surface area contributed by atoms with Crippen LogP contribution in [0.1, 0.15) is 99.5 Å². The molecule has 0 radical (unpaired) electrons. The zero-order valence-electron chi connectivity index (χ0n) is 40.9. The summed E-state index contributed by atoms with van der Waals surface area (Å²) in [5, 5.41) is 26.4. The number of benzene rings is 3. The predicted molar refractivity (Wildman–Crippen MR) is 268 cm³/mol. The number of rotatable bonds is 11. The summed E-state index contributed by atoms with van der Waals surface area (Å²) in [4.78, 5) is 63.2. The van der Waals surface area contributed by atoms with E-state index in [1.54, 1.807) is 23.2 Å². The maximum absolute atomic E-state index is 17.2. The van der Waals surface area contributed by atoms with Gasteiger partial charge in [0.25, 0.3) is 5.91 Å². The zero-order chi connectivity index (χ0) is 48.8. The molecule has 2 atom stereocenters. The molecule has 12 rings (SSSR count). The Labute approximate surface area is 413 Å². The Kier molecular flexibility index (Phi) is 11.5. The van der Waals surface area contributed by atoms with Crippen LogP contribution in [-0.2, 0) is 22.6 Å². The van der Waals surface area contributed by atoms with Crippen LogP contribution in [0.3, 0.4) is 0 Å². The summed E-state index contributed by atoms with van der Waals surface area (Å²) in [7, 11) is 0. The van der Waals surface area contributed by atoms with Gasteiger partial charge >= 0.3 is 6.01 Å². The van der Waals surface area contributed by atoms with Gasteiger partial charge in [0.2, 0.25) is 11.8 Å². The van der Waals surface area contributed by atoms with E-state index in [4.69, 9.17) is 14.7 Å². The van der Waals surface area contributed by atoms with Gasteiger partial charge in [-0.25, -0.2) is 4.39 Å². The smallest absolute Gasteiger partial charge is 0.319 e. The molecule has 4 saturated heterocycles. The molecule has 1 spiro atoms. The van der Waals surface area contributed by atoms with E-state index in [0.717, 1.165) is 99.1 Å². The van der Waals surface area contributed by atoms with E-state index in [9.17, 15) is 24.6 Å². The topological polar surface area (TPSA) is 168 Å². The summed E-state index contributed by atoms with van der Waals surface area (Å²) >= 11 is 0. The molecular formula is C55H64FN9O6. The molecule has 2 saturated carbocycles. The molecule has 5 aromatic rings. The van der Waals surface area contributed by atoms with Gasteiger partial charge in [0, 0.05) is 93.2 Å². The monoisotopic (exact) mass is 965 g/mol. The lowest BCUT2D eigenvalue weighted by Crippen LogP contribution is -2.59. The molecule has 16 heteroatoms. The minimum absolute atomic E-state index is 0.0140. The maximum atomic E-state index is 17.2. The van der Waals surface area contributed by atoms with Crippen LogP contribution in [0.2, 0.25) is 0 Å². The first-order chi connectivity index (χ1) is 34.3. The molecule has 0 unspecified atom stereocenters. The van der Waals surface area contributed by atoms with Crippen LogP contribution in [-0.4, -0.2) is 141 Å². The van der Waals surface area contributed by atoms with Crippen molar-refractivity contribution in [3.8, 4) is 23.0 Å². The number of aromatic nitrogens is 3. The van der Waals surface area contributed by atoms with E-state index < -0.39 is 17.5 Å². The van der Waals surface area contributed by atoms with Crippen molar-refractivity contribution in [1.29, 1.82) is 0 Å². The van der Waals surface area contributed by atoms with Crippen molar-refractivity contribution in [3.63, 3.8) is 0 Å². The van der Waals surface area contributed by atoms with Gasteiger partial charge in [-0.2, -0.15) is 9.97 Å². The Balaban J connectivity index is 0.672. The van der Waals surface area contributed by atoms with Gasteiger partial charge in [0.05, 0.1) is 17.6 Å². The van der Waals surface area contributed by atoms with E-state index >= 15 is 4.39 Å². The summed E-state index contributed by atoms with van der Waals surface area (Å²) in [6.45, 7) is 12.7. The van der Waals surface area contributed by atoms with Gasteiger partial charge in [-0.05, 0) is 142 Å². The van der Waals surface area contributed by atoms with Crippen molar-refractivity contribution in [2.75, 3.05) is 75.3 Å². The van der Waals surface area contributed by atoms with E-state index in [0.29, 0.717) is 72.9 Å². The fourth-order valence-electron chi connectivity index (χ4n) is 13.0. The van der Waals surface area contributed by atoms with Crippen molar-refractivity contribution in [1.82, 2.24) is 35.0 Å². The Hall–Kier alpha value is -5.97. The summed E-state index contributed by atoms with van der Waals surface area (Å²) in [6.07, 6.45) is 11.4. The van der Waals surface area contributed by atoms with Crippen LogP contribution in [0.25, 0.3) is 32.9 Å². The van der Waals surface area contributed by atoms with Crippen molar-refractivity contribution < 1.29 is 33.7 Å². The number of aliphatic hydroxyl groups is 1. The number of carbonyl (C=O) groups is 3. The molecular weight excluding hydrogens is 902 g/mol. The van der Waals surface area contributed by atoms with Crippen LogP contribution < -0.4 is 19.9 Å². The highest BCUT2D eigenvalue weighted by atomic mass is 19.1. The Morgan fingerprint density at radius 3 is 2.45 bits per heavy atom. The highest BCUT2D eigenvalue weighted by Gasteiger charge is 2.51. The van der Waals surface area contributed by atoms with Gasteiger partial charge in [-0.15, -0.1) is 0 Å². The summed E-state index contributed by atoms with van der Waals surface area (Å²) < 4.78 is 23.7. The zero-order valence-corrected chi connectivity index (χ0v) is 40.9. The second-order valence-corrected chi connectivity index (χ2v) is 22.3. The van der Waals surface area contributed by atoms with Crippen LogP contribution in [0.15, 0.2) is 54.7 Å². The lowest BCUT2D eigenvalue weighted by molar-refractivity contribution is -0.136. The largest absolute Gasteiger partial charge is 0.508 e. The second kappa shape index (κ2) is 17.7. The molecule has 372 valence electrons. The number of amides is 3. The number of carbonyl (C=O) groups excluding carboxylic acids is 3. The lowest BCUT2D eigenvalue weighted by Gasteiger charge is -2.56. The second-order valence-electron chi connectivity index (χ2n) is 22.3. The van der Waals surface area contributed by atoms with E-state index in [2.05, 4.69) is 38.0 Å². The number of hydrogen-bond acceptors (Lipinski definition) is 13. The van der Waals surface area contributed by atoms with Gasteiger partial charge < -0.3 is 34.5 Å². The van der Waals surface area contributed by atoms with Gasteiger partial charge in [-0.3, -0.25) is 29.6 Å². The fraction of sp³-hybridized carbons (Fsp3) is 0.527. The number of phenols is 1. The molecule has 71 heavy (non-hydrogen) atoms. The predicted octanol–water partition coefficient (Wildman–Crippen LogP) is 6.59. The van der Waals surface area contributed by atoms with Crippen LogP contribution in [0, 0.1) is 16.6 Å². The standard InChI is InChI=1S/C55H64FN9O6/c1-3-34-6-4-7-35-25-39(66)26-41(45(34)35)47-46(56)48-42(29-57-47)49(64-17-5-12-53(2,70)31-64)60-52(59-48)71-33-55(13-14-55)32-61-18-15-54(16-19-61)27-38(28-54)63-22-20-62(21-23-63)37-8-9-40-36(24-37)30-65(51(40)69)43-10-11-44(67)58-50(43)68/h4,6-9,24-26,29,38,43,66,70H,3,5,10-23,27-28,30-33H2,1-2H3,(H,58,67,68)/t43-,53+/m0/s1. The molecule has 0 bridgehead atoms. The van der Waals surface area contributed by atoms with Gasteiger partial charge in [0.15, 0.2) is 5.82 Å². The molecule has 5 aliphatic heterocycles. The maximum Gasteiger partial charge on any atom is 0.319 e. The number of aromatic hydroxyl groups is 1. The molecule has 6 fully saturated rings. The molecule has 3 amide bonds. The molecule has 7 heterocycles. The number of phenolic OH excluding ortho intramolecular Hbond substituents is 1. The number of hydrogen-bond donors (Lipinski definition) is 3. The minimum atomic E-state index is -0.927. The number of imide groups is 1. The molecule has 3 aromatic carbocycles. The van der Waals surface area contributed by atoms with Crippen LogP contribution in [0.5, 0.6) is 11.8 Å². The average Bonchev–Trinajstić information content (AvgIpc) is 4.04. The Morgan fingerprint density at radius 2 is 1.70 bits per heavy atom. The van der Waals surface area contributed by atoms with Crippen molar-refractivity contribution in [2.24, 2.45) is 10.8 Å². The SMILES string of the molecule is CCc1cccc2cc(O)cc(-c3ncc4c(N5CCC[C@@](C)(O)C5)nc(OCC5(CN6CCC7(CC6)CC(N6CCN(c8ccc9c(c8)CN([C@H]8CCC(=O)NC8=O)C9=O)CC6)C7)CC5)nc4c3F)c12. The molecule has 2 aliphatic carbocycles. The number of nitrogens with one attached hydrogen (secondary N) is 1.